The van der Waals surface area contributed by atoms with E-state index in [-0.39, 0.29) is 6.61 Å². The summed E-state index contributed by atoms with van der Waals surface area (Å²) in [6.07, 6.45) is 4.85. The molecule has 0 aliphatic heterocycles. The van der Waals surface area contributed by atoms with Crippen molar-refractivity contribution in [3.05, 3.63) is 50.8 Å². The number of nitrogens with one attached hydrogen (secondary N) is 1. The Kier molecular flexibility index (Phi) is 7.27. The number of allylic oxidation sites excluding steroid dienone is 1. The van der Waals surface area contributed by atoms with E-state index in [0.29, 0.717) is 21.7 Å². The molecule has 2 aromatic rings. The van der Waals surface area contributed by atoms with Gasteiger partial charge in [-0.05, 0) is 59.3 Å². The lowest BCUT2D eigenvalue weighted by atomic mass is 10.3. The summed E-state index contributed by atoms with van der Waals surface area (Å²) >= 11 is 6.73. The number of carbonyl (C=O) groups is 1. The number of hydrogen-bond acceptors (Lipinski definition) is 5. The number of hydrazone groups is 1. The molecule has 0 aliphatic carbocycles. The number of rotatable bonds is 7. The second kappa shape index (κ2) is 9.43. The van der Waals surface area contributed by atoms with Crippen molar-refractivity contribution in [1.29, 1.82) is 0 Å². The van der Waals surface area contributed by atoms with Crippen molar-refractivity contribution >= 4 is 50.1 Å². The van der Waals surface area contributed by atoms with Gasteiger partial charge in [-0.2, -0.15) is 5.10 Å². The Morgan fingerprint density at radius 1 is 1.36 bits per heavy atom. The van der Waals surface area contributed by atoms with Crippen LogP contribution in [0.2, 0.25) is 0 Å². The third kappa shape index (κ3) is 6.06. The molecule has 8 heteroatoms. The van der Waals surface area contributed by atoms with Gasteiger partial charge in [0.1, 0.15) is 11.5 Å². The normalized spacial score (nSPS) is 11.2. The summed E-state index contributed by atoms with van der Waals surface area (Å²) in [5.41, 5.74) is 2.37. The molecule has 0 spiro atoms. The molecule has 0 saturated carbocycles. The average Bonchev–Trinajstić information content (AvgIpc) is 2.98. The maximum atomic E-state index is 11.8. The molecule has 132 valence electrons. The summed E-state index contributed by atoms with van der Waals surface area (Å²) in [5.74, 6) is 2.10. The van der Waals surface area contributed by atoms with Crippen molar-refractivity contribution < 1.29 is 18.7 Å². The topological polar surface area (TPSA) is 73.1 Å². The smallest absolute Gasteiger partial charge is 0.277 e. The molecule has 0 atom stereocenters. The standard InChI is InChI=1S/C17H16Br2N2O4/c1-11-5-6-13(25-11)4-3-7-20-21-16(22)10-24-17-14(19)8-12(18)9-15(17)23-2/h3-9H,10H2,1-2H3,(H,21,22)/b4-3+,20-7+. The highest BCUT2D eigenvalue weighted by Crippen LogP contribution is 2.38. The Morgan fingerprint density at radius 3 is 2.84 bits per heavy atom. The molecule has 1 aromatic heterocycles. The molecule has 0 saturated heterocycles. The number of aryl methyl sites for hydroxylation is 1. The van der Waals surface area contributed by atoms with E-state index in [4.69, 9.17) is 13.9 Å². The minimum absolute atomic E-state index is 0.199. The zero-order valence-corrected chi connectivity index (χ0v) is 16.8. The van der Waals surface area contributed by atoms with Crippen LogP contribution in [-0.2, 0) is 4.79 Å². The minimum atomic E-state index is -0.393. The Labute approximate surface area is 162 Å². The molecule has 1 heterocycles. The number of ether oxygens (including phenoxy) is 2. The van der Waals surface area contributed by atoms with Crippen LogP contribution in [0.5, 0.6) is 11.5 Å². The van der Waals surface area contributed by atoms with Crippen molar-refractivity contribution in [2.24, 2.45) is 5.10 Å². The number of hydrogen-bond donors (Lipinski definition) is 1. The third-order valence-corrected chi connectivity index (χ3v) is 3.96. The maximum absolute atomic E-state index is 11.8. The van der Waals surface area contributed by atoms with Crippen LogP contribution < -0.4 is 14.9 Å². The van der Waals surface area contributed by atoms with E-state index in [9.17, 15) is 4.79 Å². The van der Waals surface area contributed by atoms with Crippen LogP contribution in [-0.4, -0.2) is 25.8 Å². The fourth-order valence-corrected chi connectivity index (χ4v) is 3.13. The summed E-state index contributed by atoms with van der Waals surface area (Å²) in [5, 5.41) is 3.80. The van der Waals surface area contributed by atoms with E-state index in [1.165, 1.54) is 13.3 Å². The Balaban J connectivity index is 1.83. The van der Waals surface area contributed by atoms with Crippen molar-refractivity contribution in [1.82, 2.24) is 5.43 Å². The molecule has 0 fully saturated rings. The molecule has 1 N–H and O–H groups in total. The summed E-state index contributed by atoms with van der Waals surface area (Å²) in [6.45, 7) is 1.67. The third-order valence-electron chi connectivity index (χ3n) is 2.91. The fraction of sp³-hybridized carbons (Fsp3) is 0.176. The summed E-state index contributed by atoms with van der Waals surface area (Å²) in [4.78, 5) is 11.8. The zero-order valence-electron chi connectivity index (χ0n) is 13.6. The first kappa shape index (κ1) is 19.3. The van der Waals surface area contributed by atoms with Gasteiger partial charge in [0.2, 0.25) is 0 Å². The van der Waals surface area contributed by atoms with Gasteiger partial charge >= 0.3 is 0 Å². The number of amides is 1. The number of carbonyl (C=O) groups excluding carboxylic acids is 1. The van der Waals surface area contributed by atoms with Crippen molar-refractivity contribution in [3.8, 4) is 11.5 Å². The molecular weight excluding hydrogens is 456 g/mol. The molecule has 0 unspecified atom stereocenters. The SMILES string of the molecule is COc1cc(Br)cc(Br)c1OCC(=O)N/N=C/C=C/c1ccc(C)o1. The van der Waals surface area contributed by atoms with Crippen LogP contribution in [0, 0.1) is 6.92 Å². The van der Waals surface area contributed by atoms with E-state index in [1.54, 1.807) is 24.3 Å². The average molecular weight is 472 g/mol. The fourth-order valence-electron chi connectivity index (χ4n) is 1.83. The first-order valence-electron chi connectivity index (χ1n) is 7.20. The second-order valence-electron chi connectivity index (χ2n) is 4.83. The summed E-state index contributed by atoms with van der Waals surface area (Å²) in [6, 6.07) is 7.26. The van der Waals surface area contributed by atoms with Crippen molar-refractivity contribution in [2.75, 3.05) is 13.7 Å². The largest absolute Gasteiger partial charge is 0.493 e. The molecule has 2 rings (SSSR count). The van der Waals surface area contributed by atoms with Gasteiger partial charge in [0.05, 0.1) is 11.6 Å². The monoisotopic (exact) mass is 470 g/mol. The Bertz CT molecular complexity index is 800. The first-order valence-corrected chi connectivity index (χ1v) is 8.79. The highest BCUT2D eigenvalue weighted by atomic mass is 79.9. The van der Waals surface area contributed by atoms with E-state index < -0.39 is 5.91 Å². The molecule has 1 amide bonds. The maximum Gasteiger partial charge on any atom is 0.277 e. The van der Waals surface area contributed by atoms with Gasteiger partial charge in [-0.3, -0.25) is 4.79 Å². The lowest BCUT2D eigenvalue weighted by Gasteiger charge is -2.12. The van der Waals surface area contributed by atoms with Gasteiger partial charge in [-0.15, -0.1) is 0 Å². The molecule has 6 nitrogen and oxygen atoms in total. The summed E-state index contributed by atoms with van der Waals surface area (Å²) in [7, 11) is 1.53. The van der Waals surface area contributed by atoms with Crippen molar-refractivity contribution in [3.63, 3.8) is 0 Å². The highest BCUT2D eigenvalue weighted by Gasteiger charge is 2.12. The molecule has 0 bridgehead atoms. The van der Waals surface area contributed by atoms with E-state index >= 15 is 0 Å². The van der Waals surface area contributed by atoms with Crippen LogP contribution in [0.15, 0.2) is 48.8 Å². The molecule has 0 aliphatic rings. The highest BCUT2D eigenvalue weighted by molar-refractivity contribution is 9.11. The quantitative estimate of drug-likeness (QED) is 0.482. The van der Waals surface area contributed by atoms with E-state index in [0.717, 1.165) is 10.2 Å². The zero-order chi connectivity index (χ0) is 18.2. The van der Waals surface area contributed by atoms with Crippen LogP contribution >= 0.6 is 31.9 Å². The predicted molar refractivity (Wildman–Crippen MR) is 103 cm³/mol. The lowest BCUT2D eigenvalue weighted by molar-refractivity contribution is -0.123. The molecular formula is C17H16Br2N2O4. The van der Waals surface area contributed by atoms with Gasteiger partial charge < -0.3 is 13.9 Å². The number of furan rings is 1. The van der Waals surface area contributed by atoms with Gasteiger partial charge in [-0.25, -0.2) is 5.43 Å². The van der Waals surface area contributed by atoms with Crippen molar-refractivity contribution in [2.45, 2.75) is 6.92 Å². The second-order valence-corrected chi connectivity index (χ2v) is 6.60. The Morgan fingerprint density at radius 2 is 2.16 bits per heavy atom. The summed E-state index contributed by atoms with van der Waals surface area (Å²) < 4.78 is 17.6. The molecule has 0 radical (unpaired) electrons. The van der Waals surface area contributed by atoms with Gasteiger partial charge in [0.15, 0.2) is 18.1 Å². The molecule has 1 aromatic carbocycles. The van der Waals surface area contributed by atoms with Gasteiger partial charge in [-0.1, -0.05) is 15.9 Å². The predicted octanol–water partition coefficient (Wildman–Crippen LogP) is 4.32. The Hall–Kier alpha value is -2.06. The van der Waals surface area contributed by atoms with E-state index in [2.05, 4.69) is 42.4 Å². The van der Waals surface area contributed by atoms with E-state index in [1.807, 2.05) is 19.1 Å². The van der Waals surface area contributed by atoms with Gasteiger partial charge in [0.25, 0.3) is 5.91 Å². The number of nitrogens with zero attached hydrogens (tertiary/aromatic N) is 1. The van der Waals surface area contributed by atoms with Crippen LogP contribution in [0.3, 0.4) is 0 Å². The van der Waals surface area contributed by atoms with Crippen LogP contribution in [0.1, 0.15) is 11.5 Å². The molecule has 25 heavy (non-hydrogen) atoms. The first-order chi connectivity index (χ1) is 12.0. The minimum Gasteiger partial charge on any atom is -0.493 e. The lowest BCUT2D eigenvalue weighted by Crippen LogP contribution is -2.24. The van der Waals surface area contributed by atoms with Crippen LogP contribution in [0.25, 0.3) is 6.08 Å². The van der Waals surface area contributed by atoms with Crippen LogP contribution in [0.4, 0.5) is 0 Å². The number of benzene rings is 1. The number of methoxy groups -OCH3 is 1. The van der Waals surface area contributed by atoms with Gasteiger partial charge in [0, 0.05) is 10.7 Å². The number of halogens is 2.